The number of imide groups is 1. The molecule has 120 valence electrons. The summed E-state index contributed by atoms with van der Waals surface area (Å²) in [6.45, 7) is 10.3. The van der Waals surface area contributed by atoms with Crippen molar-refractivity contribution in [2.45, 2.75) is 52.4 Å². The van der Waals surface area contributed by atoms with E-state index in [-0.39, 0.29) is 35.8 Å². The van der Waals surface area contributed by atoms with Crippen molar-refractivity contribution < 1.29 is 19.1 Å². The first-order valence-electron chi connectivity index (χ1n) is 7.46. The van der Waals surface area contributed by atoms with Crippen LogP contribution in [0.25, 0.3) is 0 Å². The number of rotatable bonds is 4. The van der Waals surface area contributed by atoms with E-state index in [1.807, 2.05) is 34.6 Å². The van der Waals surface area contributed by atoms with Gasteiger partial charge in [0.2, 0.25) is 5.91 Å². The number of cyclic esters (lactones) is 1. The minimum atomic E-state index is -0.510. The Kier molecular flexibility index (Phi) is 4.87. The lowest BCUT2D eigenvalue weighted by Gasteiger charge is -2.54. The summed E-state index contributed by atoms with van der Waals surface area (Å²) in [7, 11) is 0. The fraction of sp³-hybridized carbons (Fsp3) is 0.867. The Bertz CT molecular complexity index is 439. The predicted molar refractivity (Wildman–Crippen MR) is 87.3 cm³/mol. The number of carbonyl (C=O) groups excluding carboxylic acids is 2. The molecule has 5 nitrogen and oxygen atoms in total. The zero-order valence-corrected chi connectivity index (χ0v) is 15.4. The monoisotopic (exact) mass is 409 g/mol. The molecule has 2 amide bonds. The summed E-state index contributed by atoms with van der Waals surface area (Å²) in [6, 6.07) is -0.170. The molecule has 0 aliphatic carbocycles. The lowest BCUT2D eigenvalue weighted by Crippen LogP contribution is -2.67. The number of hydrogen-bond acceptors (Lipinski definition) is 4. The number of nitrogens with zero attached hydrogens (tertiary/aromatic N) is 1. The fourth-order valence-electron chi connectivity index (χ4n) is 3.09. The van der Waals surface area contributed by atoms with E-state index in [1.54, 1.807) is 0 Å². The Balaban J connectivity index is 2.25. The van der Waals surface area contributed by atoms with Gasteiger partial charge in [-0.3, -0.25) is 4.79 Å². The molecule has 0 N–H and O–H groups in total. The van der Waals surface area contributed by atoms with Gasteiger partial charge in [-0.1, -0.05) is 50.3 Å². The van der Waals surface area contributed by atoms with Crippen LogP contribution >= 0.6 is 22.6 Å². The number of carbonyl (C=O) groups is 2. The normalized spacial score (nSPS) is 36.1. The molecule has 0 spiro atoms. The van der Waals surface area contributed by atoms with E-state index >= 15 is 0 Å². The molecule has 0 bridgehead atoms. The third-order valence-corrected chi connectivity index (χ3v) is 6.01. The van der Waals surface area contributed by atoms with E-state index in [4.69, 9.17) is 9.47 Å². The van der Waals surface area contributed by atoms with Gasteiger partial charge in [0, 0.05) is 4.43 Å². The molecule has 0 unspecified atom stereocenters. The number of ether oxygens (including phenoxy) is 2. The lowest BCUT2D eigenvalue weighted by atomic mass is 9.74. The zero-order chi connectivity index (χ0) is 15.9. The summed E-state index contributed by atoms with van der Waals surface area (Å²) in [4.78, 5) is 26.3. The van der Waals surface area contributed by atoms with Crippen LogP contribution in [0.2, 0.25) is 0 Å². The van der Waals surface area contributed by atoms with Gasteiger partial charge in [-0.25, -0.2) is 9.69 Å². The summed E-state index contributed by atoms with van der Waals surface area (Å²) < 4.78 is 11.8. The molecular weight excluding hydrogens is 385 g/mol. The maximum absolute atomic E-state index is 13.0. The van der Waals surface area contributed by atoms with E-state index in [0.717, 1.165) is 4.43 Å². The van der Waals surface area contributed by atoms with Crippen LogP contribution in [-0.4, -0.2) is 45.7 Å². The van der Waals surface area contributed by atoms with Gasteiger partial charge >= 0.3 is 6.09 Å². The Morgan fingerprint density at radius 3 is 2.48 bits per heavy atom. The first-order valence-corrected chi connectivity index (χ1v) is 8.99. The third kappa shape index (κ3) is 2.81. The van der Waals surface area contributed by atoms with Crippen LogP contribution in [0, 0.1) is 17.8 Å². The van der Waals surface area contributed by atoms with Gasteiger partial charge in [-0.05, 0) is 18.8 Å². The van der Waals surface area contributed by atoms with Crippen LogP contribution in [0.15, 0.2) is 0 Å². The van der Waals surface area contributed by atoms with Crippen LogP contribution in [0.5, 0.6) is 0 Å². The van der Waals surface area contributed by atoms with E-state index in [1.165, 1.54) is 4.90 Å². The average Bonchev–Trinajstić information content (AvgIpc) is 2.77. The molecule has 6 heteroatoms. The molecule has 21 heavy (non-hydrogen) atoms. The third-order valence-electron chi connectivity index (χ3n) is 4.49. The first-order chi connectivity index (χ1) is 9.73. The standard InChI is InChI=1S/C15H24INO4/c1-8(2)10-6-20-14(19)17(10)13(18)11-12(9(3)4)21-15(11,5)7-16/h8-12H,6-7H2,1-5H3/t10-,11+,12-,15-/m1/s1. The maximum Gasteiger partial charge on any atom is 0.416 e. The smallest absolute Gasteiger partial charge is 0.416 e. The molecule has 2 heterocycles. The van der Waals surface area contributed by atoms with E-state index in [0.29, 0.717) is 6.61 Å². The van der Waals surface area contributed by atoms with E-state index in [9.17, 15) is 9.59 Å². The Labute approximate surface area is 139 Å². The summed E-state index contributed by atoms with van der Waals surface area (Å²) in [5.41, 5.74) is -0.489. The molecule has 0 aromatic heterocycles. The van der Waals surface area contributed by atoms with Crippen molar-refractivity contribution in [1.29, 1.82) is 0 Å². The van der Waals surface area contributed by atoms with Crippen molar-refractivity contribution in [1.82, 2.24) is 4.90 Å². The second kappa shape index (κ2) is 6.02. The van der Waals surface area contributed by atoms with Crippen LogP contribution in [0.4, 0.5) is 4.79 Å². The molecular formula is C15H24INO4. The van der Waals surface area contributed by atoms with Crippen LogP contribution < -0.4 is 0 Å². The Morgan fingerprint density at radius 2 is 2.00 bits per heavy atom. The van der Waals surface area contributed by atoms with E-state index < -0.39 is 11.7 Å². The van der Waals surface area contributed by atoms with Crippen molar-refractivity contribution in [3.8, 4) is 0 Å². The van der Waals surface area contributed by atoms with Gasteiger partial charge in [-0.15, -0.1) is 0 Å². The molecule has 2 aliphatic heterocycles. The second-order valence-electron chi connectivity index (χ2n) is 6.85. The van der Waals surface area contributed by atoms with Gasteiger partial charge in [0.25, 0.3) is 0 Å². The van der Waals surface area contributed by atoms with Crippen molar-refractivity contribution in [2.24, 2.45) is 17.8 Å². The SMILES string of the molecule is CC(C)[C@H]1O[C@](C)(CI)[C@@H]1C(=O)N1C(=O)OC[C@@H]1C(C)C. The molecule has 0 aromatic rings. The second-order valence-corrected chi connectivity index (χ2v) is 7.61. The first kappa shape index (κ1) is 17.0. The Hall–Kier alpha value is -0.370. The molecule has 2 aliphatic rings. The van der Waals surface area contributed by atoms with Gasteiger partial charge in [-0.2, -0.15) is 0 Å². The van der Waals surface area contributed by atoms with Gasteiger partial charge in [0.1, 0.15) is 6.61 Å². The fourth-order valence-corrected chi connectivity index (χ4v) is 3.75. The zero-order valence-electron chi connectivity index (χ0n) is 13.3. The maximum atomic E-state index is 13.0. The van der Waals surface area contributed by atoms with Crippen molar-refractivity contribution >= 4 is 34.6 Å². The molecule has 0 saturated carbocycles. The minimum Gasteiger partial charge on any atom is -0.447 e. The van der Waals surface area contributed by atoms with Crippen molar-refractivity contribution in [2.75, 3.05) is 11.0 Å². The molecule has 2 fully saturated rings. The Morgan fingerprint density at radius 1 is 1.38 bits per heavy atom. The molecule has 0 radical (unpaired) electrons. The summed E-state index contributed by atoms with van der Waals surface area (Å²) in [5.74, 6) is 0.0115. The van der Waals surface area contributed by atoms with Crippen LogP contribution in [0.3, 0.4) is 0 Å². The number of halogens is 1. The minimum absolute atomic E-state index is 0.126. The highest BCUT2D eigenvalue weighted by Gasteiger charge is 2.59. The summed E-state index contributed by atoms with van der Waals surface area (Å²) in [6.07, 6.45) is -0.637. The average molecular weight is 409 g/mol. The molecule has 4 atom stereocenters. The van der Waals surface area contributed by atoms with Gasteiger partial charge in [0.15, 0.2) is 0 Å². The lowest BCUT2D eigenvalue weighted by molar-refractivity contribution is -0.249. The van der Waals surface area contributed by atoms with Crippen molar-refractivity contribution in [3.05, 3.63) is 0 Å². The molecule has 2 saturated heterocycles. The highest BCUT2D eigenvalue weighted by Crippen LogP contribution is 2.45. The summed E-state index contributed by atoms with van der Waals surface area (Å²) >= 11 is 2.24. The van der Waals surface area contributed by atoms with Crippen molar-refractivity contribution in [3.63, 3.8) is 0 Å². The molecule has 0 aromatic carbocycles. The highest BCUT2D eigenvalue weighted by molar-refractivity contribution is 14.1. The quantitative estimate of drug-likeness (QED) is 0.530. The number of amides is 2. The van der Waals surface area contributed by atoms with Gasteiger partial charge < -0.3 is 9.47 Å². The van der Waals surface area contributed by atoms with Gasteiger partial charge in [0.05, 0.1) is 23.7 Å². The number of hydrogen-bond donors (Lipinski definition) is 0. The van der Waals surface area contributed by atoms with E-state index in [2.05, 4.69) is 22.6 Å². The molecule has 2 rings (SSSR count). The largest absolute Gasteiger partial charge is 0.447 e. The summed E-state index contributed by atoms with van der Waals surface area (Å²) in [5, 5.41) is 0. The number of alkyl halides is 1. The highest BCUT2D eigenvalue weighted by atomic mass is 127. The van der Waals surface area contributed by atoms with Crippen LogP contribution in [0.1, 0.15) is 34.6 Å². The van der Waals surface area contributed by atoms with Crippen LogP contribution in [-0.2, 0) is 14.3 Å². The predicted octanol–water partition coefficient (Wildman–Crippen LogP) is 2.85. The topological polar surface area (TPSA) is 55.8 Å².